The number of carboxylic acid groups (broad SMARTS) is 1. The lowest BCUT2D eigenvalue weighted by molar-refractivity contribution is -0.138. The number of methoxy groups -OCH3 is 1. The lowest BCUT2D eigenvalue weighted by Crippen LogP contribution is -2.19. The number of carboxylic acids is 1. The average molecular weight is 226 g/mol. The molecule has 0 bridgehead atoms. The summed E-state index contributed by atoms with van der Waals surface area (Å²) in [6.07, 6.45) is 2.15. The number of tetrazole rings is 1. The van der Waals surface area contributed by atoms with E-state index in [0.717, 1.165) is 12.8 Å². The summed E-state index contributed by atoms with van der Waals surface area (Å²) in [4.78, 5) is 10.8. The van der Waals surface area contributed by atoms with Crippen molar-refractivity contribution < 1.29 is 14.6 Å². The highest BCUT2D eigenvalue weighted by molar-refractivity contribution is 5.67. The van der Waals surface area contributed by atoms with Crippen molar-refractivity contribution in [1.29, 1.82) is 0 Å². The molecule has 16 heavy (non-hydrogen) atoms. The van der Waals surface area contributed by atoms with Crippen LogP contribution in [0.3, 0.4) is 0 Å². The normalized spacial score (nSPS) is 17.3. The van der Waals surface area contributed by atoms with E-state index in [-0.39, 0.29) is 12.5 Å². The molecule has 0 spiro atoms. The van der Waals surface area contributed by atoms with Crippen molar-refractivity contribution in [3.63, 3.8) is 0 Å². The van der Waals surface area contributed by atoms with Crippen molar-refractivity contribution in [2.75, 3.05) is 7.11 Å². The Labute approximate surface area is 92.4 Å². The summed E-state index contributed by atoms with van der Waals surface area (Å²) in [5.74, 6) is 0.145. The van der Waals surface area contributed by atoms with Crippen molar-refractivity contribution in [2.45, 2.75) is 31.9 Å². The van der Waals surface area contributed by atoms with Crippen LogP contribution in [-0.2, 0) is 16.1 Å². The van der Waals surface area contributed by atoms with E-state index in [1.54, 1.807) is 11.8 Å². The molecule has 1 aliphatic rings. The van der Waals surface area contributed by atoms with Gasteiger partial charge in [-0.2, -0.15) is 0 Å². The van der Waals surface area contributed by atoms with Gasteiger partial charge in [0.2, 0.25) is 0 Å². The number of nitrogens with zero attached hydrogens (tertiary/aromatic N) is 4. The molecule has 1 unspecified atom stereocenters. The van der Waals surface area contributed by atoms with Gasteiger partial charge in [0.05, 0.1) is 12.5 Å². The van der Waals surface area contributed by atoms with Gasteiger partial charge in [0, 0.05) is 7.11 Å². The molecule has 0 aromatic carbocycles. The molecule has 1 aromatic rings. The molecule has 0 aliphatic heterocycles. The molecule has 1 saturated carbocycles. The molecule has 7 nitrogen and oxygen atoms in total. The predicted octanol–water partition coefficient (Wildman–Crippen LogP) is 0.245. The van der Waals surface area contributed by atoms with Gasteiger partial charge in [-0.15, -0.1) is 5.10 Å². The maximum Gasteiger partial charge on any atom is 0.305 e. The van der Waals surface area contributed by atoms with Crippen LogP contribution >= 0.6 is 0 Å². The maximum atomic E-state index is 10.8. The molecule has 2 rings (SSSR count). The molecule has 1 aliphatic carbocycles. The second-order valence-electron chi connectivity index (χ2n) is 3.98. The zero-order valence-electron chi connectivity index (χ0n) is 9.04. The Hall–Kier alpha value is -1.50. The third-order valence-corrected chi connectivity index (χ3v) is 2.70. The topological polar surface area (TPSA) is 90.1 Å². The Balaban J connectivity index is 2.16. The van der Waals surface area contributed by atoms with Gasteiger partial charge in [0.1, 0.15) is 6.61 Å². The second kappa shape index (κ2) is 4.56. The number of hydrogen-bond donors (Lipinski definition) is 1. The van der Waals surface area contributed by atoms with Crippen LogP contribution in [0, 0.1) is 5.92 Å². The summed E-state index contributed by atoms with van der Waals surface area (Å²) in [6.45, 7) is 0.301. The summed E-state index contributed by atoms with van der Waals surface area (Å²) < 4.78 is 6.56. The molecule has 88 valence electrons. The van der Waals surface area contributed by atoms with Crippen LogP contribution < -0.4 is 0 Å². The minimum Gasteiger partial charge on any atom is -0.481 e. The maximum absolute atomic E-state index is 10.8. The molecule has 0 saturated heterocycles. The van der Waals surface area contributed by atoms with Crippen LogP contribution in [0.1, 0.15) is 31.1 Å². The molecule has 1 fully saturated rings. The second-order valence-corrected chi connectivity index (χ2v) is 3.98. The van der Waals surface area contributed by atoms with Crippen LogP contribution in [0.25, 0.3) is 0 Å². The summed E-state index contributed by atoms with van der Waals surface area (Å²) in [5.41, 5.74) is 0. The zero-order valence-corrected chi connectivity index (χ0v) is 9.04. The third-order valence-electron chi connectivity index (χ3n) is 2.70. The van der Waals surface area contributed by atoms with Gasteiger partial charge in [-0.25, -0.2) is 4.68 Å². The first-order valence-corrected chi connectivity index (χ1v) is 5.20. The molecular weight excluding hydrogens is 212 g/mol. The number of rotatable bonds is 6. The van der Waals surface area contributed by atoms with Gasteiger partial charge >= 0.3 is 5.97 Å². The quantitative estimate of drug-likeness (QED) is 0.747. The highest BCUT2D eigenvalue weighted by Crippen LogP contribution is 2.41. The first-order valence-electron chi connectivity index (χ1n) is 5.20. The highest BCUT2D eigenvalue weighted by atomic mass is 16.5. The minimum atomic E-state index is -0.823. The first kappa shape index (κ1) is 11.0. The van der Waals surface area contributed by atoms with Gasteiger partial charge in [-0.1, -0.05) is 0 Å². The number of aromatic nitrogens is 4. The number of aliphatic carboxylic acids is 1. The molecule has 1 heterocycles. The van der Waals surface area contributed by atoms with Crippen LogP contribution in [0.15, 0.2) is 0 Å². The van der Waals surface area contributed by atoms with E-state index in [1.807, 2.05) is 0 Å². The Morgan fingerprint density at radius 3 is 3.00 bits per heavy atom. The lowest BCUT2D eigenvalue weighted by atomic mass is 10.1. The Morgan fingerprint density at radius 2 is 2.44 bits per heavy atom. The molecule has 1 aromatic heterocycles. The largest absolute Gasteiger partial charge is 0.481 e. The number of carbonyl (C=O) groups is 1. The summed E-state index contributed by atoms with van der Waals surface area (Å²) >= 11 is 0. The van der Waals surface area contributed by atoms with E-state index in [2.05, 4.69) is 15.5 Å². The van der Waals surface area contributed by atoms with Gasteiger partial charge in [0.15, 0.2) is 5.82 Å². The highest BCUT2D eigenvalue weighted by Gasteiger charge is 2.36. The summed E-state index contributed by atoms with van der Waals surface area (Å²) in [7, 11) is 1.56. The van der Waals surface area contributed by atoms with Crippen molar-refractivity contribution in [1.82, 2.24) is 20.2 Å². The average Bonchev–Trinajstić information content (AvgIpc) is 2.97. The Kier molecular flexibility index (Phi) is 3.14. The molecule has 0 radical (unpaired) electrons. The van der Waals surface area contributed by atoms with Crippen LogP contribution in [0.4, 0.5) is 0 Å². The van der Waals surface area contributed by atoms with E-state index in [1.165, 1.54) is 0 Å². The van der Waals surface area contributed by atoms with E-state index in [0.29, 0.717) is 18.3 Å². The molecule has 0 amide bonds. The fraction of sp³-hybridized carbons (Fsp3) is 0.778. The molecule has 1 atom stereocenters. The Morgan fingerprint density at radius 1 is 1.69 bits per heavy atom. The van der Waals surface area contributed by atoms with E-state index < -0.39 is 5.97 Å². The van der Waals surface area contributed by atoms with E-state index in [9.17, 15) is 4.79 Å². The number of hydrogen-bond acceptors (Lipinski definition) is 5. The van der Waals surface area contributed by atoms with Crippen molar-refractivity contribution >= 4 is 5.97 Å². The zero-order chi connectivity index (χ0) is 11.5. The van der Waals surface area contributed by atoms with E-state index >= 15 is 0 Å². The first-order chi connectivity index (χ1) is 7.72. The molecule has 1 N–H and O–H groups in total. The minimum absolute atomic E-state index is 0.0619. The fourth-order valence-corrected chi connectivity index (χ4v) is 1.81. The summed E-state index contributed by atoms with van der Waals surface area (Å²) in [6, 6.07) is -0.141. The SMILES string of the molecule is COCc1nnnn1C(CC(=O)O)C1CC1. The predicted molar refractivity (Wildman–Crippen MR) is 52.5 cm³/mol. The Bertz CT molecular complexity index is 375. The number of ether oxygens (including phenoxy) is 1. The summed E-state index contributed by atoms with van der Waals surface area (Å²) in [5, 5.41) is 20.1. The van der Waals surface area contributed by atoms with Gasteiger partial charge in [0.25, 0.3) is 0 Å². The van der Waals surface area contributed by atoms with Crippen molar-refractivity contribution in [3.8, 4) is 0 Å². The monoisotopic (exact) mass is 226 g/mol. The van der Waals surface area contributed by atoms with E-state index in [4.69, 9.17) is 9.84 Å². The van der Waals surface area contributed by atoms with Crippen LogP contribution in [0.2, 0.25) is 0 Å². The molecule has 7 heteroatoms. The van der Waals surface area contributed by atoms with Crippen LogP contribution in [-0.4, -0.2) is 38.4 Å². The van der Waals surface area contributed by atoms with Gasteiger partial charge < -0.3 is 9.84 Å². The standard InChI is InChI=1S/C9H14N4O3/c1-16-5-8-10-11-12-13(8)7(4-9(14)15)6-2-3-6/h6-7H,2-5H2,1H3,(H,14,15). The van der Waals surface area contributed by atoms with Gasteiger partial charge in [-0.05, 0) is 29.2 Å². The van der Waals surface area contributed by atoms with Crippen molar-refractivity contribution in [3.05, 3.63) is 5.82 Å². The smallest absolute Gasteiger partial charge is 0.305 e. The fourth-order valence-electron chi connectivity index (χ4n) is 1.81. The lowest BCUT2D eigenvalue weighted by Gasteiger charge is -2.15. The van der Waals surface area contributed by atoms with Gasteiger partial charge in [-0.3, -0.25) is 4.79 Å². The molecular formula is C9H14N4O3. The van der Waals surface area contributed by atoms with Crippen molar-refractivity contribution in [2.24, 2.45) is 5.92 Å². The third kappa shape index (κ3) is 2.35. The van der Waals surface area contributed by atoms with Crippen LogP contribution in [0.5, 0.6) is 0 Å².